The molecule has 2 heterocycles. The zero-order valence-electron chi connectivity index (χ0n) is 14.7. The first kappa shape index (κ1) is 16.3. The molecule has 0 bridgehead atoms. The molecular formula is C24H14O4. The predicted molar refractivity (Wildman–Crippen MR) is 105 cm³/mol. The van der Waals surface area contributed by atoms with E-state index in [-0.39, 0.29) is 11.6 Å². The van der Waals surface area contributed by atoms with Crippen LogP contribution in [-0.4, -0.2) is 11.6 Å². The van der Waals surface area contributed by atoms with Crippen molar-refractivity contribution in [2.45, 2.75) is 0 Å². The summed E-state index contributed by atoms with van der Waals surface area (Å²) in [7, 11) is 0. The van der Waals surface area contributed by atoms with Crippen LogP contribution in [0.1, 0.15) is 31.8 Å². The van der Waals surface area contributed by atoms with Crippen LogP contribution in [0.25, 0.3) is 12.2 Å². The van der Waals surface area contributed by atoms with Crippen LogP contribution in [0.15, 0.2) is 84.3 Å². The first-order valence-corrected chi connectivity index (χ1v) is 8.86. The van der Waals surface area contributed by atoms with Gasteiger partial charge in [0.1, 0.15) is 11.5 Å². The standard InChI is InChI=1S/C24H14O4/c25-23-17-5-1-3-7-19(17)27-21(23)13-15-9-11-16(12-10-15)14-22-24(26)18-6-2-4-8-20(18)28-22/h1-14H/b21-13-,22-14-. The molecule has 0 saturated heterocycles. The summed E-state index contributed by atoms with van der Waals surface area (Å²) in [6.07, 6.45) is 3.43. The number of hydrogen-bond acceptors (Lipinski definition) is 4. The number of rotatable bonds is 2. The second-order valence-corrected chi connectivity index (χ2v) is 6.54. The molecule has 0 spiro atoms. The Hall–Kier alpha value is -3.92. The summed E-state index contributed by atoms with van der Waals surface area (Å²) in [5.41, 5.74) is 2.82. The van der Waals surface area contributed by atoms with Gasteiger partial charge in [0, 0.05) is 0 Å². The quantitative estimate of drug-likeness (QED) is 0.604. The van der Waals surface area contributed by atoms with Crippen molar-refractivity contribution in [3.63, 3.8) is 0 Å². The summed E-state index contributed by atoms with van der Waals surface area (Å²) < 4.78 is 11.3. The van der Waals surface area contributed by atoms with E-state index in [0.29, 0.717) is 34.1 Å². The highest BCUT2D eigenvalue weighted by atomic mass is 16.5. The number of benzene rings is 3. The lowest BCUT2D eigenvalue weighted by Gasteiger charge is -2.01. The summed E-state index contributed by atoms with van der Waals surface area (Å²) in [6, 6.07) is 21.8. The van der Waals surface area contributed by atoms with Crippen molar-refractivity contribution in [3.8, 4) is 11.5 Å². The Kier molecular flexibility index (Phi) is 3.69. The average molecular weight is 366 g/mol. The number of fused-ring (bicyclic) bond motifs is 2. The molecular weight excluding hydrogens is 352 g/mol. The van der Waals surface area contributed by atoms with Gasteiger partial charge < -0.3 is 9.47 Å². The van der Waals surface area contributed by atoms with E-state index >= 15 is 0 Å². The maximum Gasteiger partial charge on any atom is 0.231 e. The van der Waals surface area contributed by atoms with Gasteiger partial charge in [0.25, 0.3) is 0 Å². The molecule has 134 valence electrons. The number of carbonyl (C=O) groups is 2. The first-order valence-electron chi connectivity index (χ1n) is 8.86. The highest BCUT2D eigenvalue weighted by Gasteiger charge is 2.27. The van der Waals surface area contributed by atoms with Crippen LogP contribution in [0.2, 0.25) is 0 Å². The molecule has 4 nitrogen and oxygen atoms in total. The minimum absolute atomic E-state index is 0.121. The lowest BCUT2D eigenvalue weighted by Crippen LogP contribution is -1.98. The SMILES string of the molecule is O=C1/C(=C/c2ccc(/C=C3\Oc4ccccc4C3=O)cc2)Oc2ccccc21. The normalized spacial score (nSPS) is 17.4. The number of allylic oxidation sites excluding steroid dienone is 2. The van der Waals surface area contributed by atoms with Crippen LogP contribution in [0.5, 0.6) is 11.5 Å². The molecule has 0 saturated carbocycles. The third-order valence-corrected chi connectivity index (χ3v) is 4.68. The molecule has 3 aromatic carbocycles. The molecule has 5 rings (SSSR count). The first-order chi connectivity index (χ1) is 13.7. The monoisotopic (exact) mass is 366 g/mol. The fourth-order valence-electron chi connectivity index (χ4n) is 3.26. The molecule has 0 aromatic heterocycles. The van der Waals surface area contributed by atoms with Crippen molar-refractivity contribution >= 4 is 23.7 Å². The predicted octanol–water partition coefficient (Wildman–Crippen LogP) is 4.92. The van der Waals surface area contributed by atoms with Gasteiger partial charge in [-0.1, -0.05) is 48.5 Å². The maximum atomic E-state index is 12.4. The highest BCUT2D eigenvalue weighted by Crippen LogP contribution is 2.32. The van der Waals surface area contributed by atoms with Crippen LogP contribution in [-0.2, 0) is 0 Å². The van der Waals surface area contributed by atoms with Crippen molar-refractivity contribution in [3.05, 3.63) is 107 Å². The maximum absolute atomic E-state index is 12.4. The molecule has 0 radical (unpaired) electrons. The topological polar surface area (TPSA) is 52.6 Å². The molecule has 2 aliphatic heterocycles. The molecule has 0 fully saturated rings. The minimum Gasteiger partial charge on any atom is -0.452 e. The molecule has 2 aliphatic rings. The third-order valence-electron chi connectivity index (χ3n) is 4.68. The molecule has 3 aromatic rings. The van der Waals surface area contributed by atoms with Crippen LogP contribution in [0.3, 0.4) is 0 Å². The van der Waals surface area contributed by atoms with Crippen molar-refractivity contribution < 1.29 is 19.1 Å². The van der Waals surface area contributed by atoms with E-state index in [2.05, 4.69) is 0 Å². The largest absolute Gasteiger partial charge is 0.452 e. The molecule has 0 atom stereocenters. The van der Waals surface area contributed by atoms with Gasteiger partial charge in [-0.15, -0.1) is 0 Å². The van der Waals surface area contributed by atoms with Gasteiger partial charge in [-0.2, -0.15) is 0 Å². The summed E-state index contributed by atoms with van der Waals surface area (Å²) in [5.74, 6) is 1.52. The van der Waals surface area contributed by atoms with Crippen molar-refractivity contribution in [1.29, 1.82) is 0 Å². The summed E-state index contributed by atoms with van der Waals surface area (Å²) in [5, 5.41) is 0. The fraction of sp³-hybridized carbons (Fsp3) is 0. The third kappa shape index (κ3) is 2.72. The number of ketones is 2. The molecule has 28 heavy (non-hydrogen) atoms. The Balaban J connectivity index is 1.38. The number of ether oxygens (including phenoxy) is 2. The fourth-order valence-corrected chi connectivity index (χ4v) is 3.26. The Bertz CT molecular complexity index is 1090. The van der Waals surface area contributed by atoms with Gasteiger partial charge in [0.15, 0.2) is 11.5 Å². The van der Waals surface area contributed by atoms with Crippen LogP contribution in [0, 0.1) is 0 Å². The Morgan fingerprint density at radius 3 is 1.32 bits per heavy atom. The van der Waals surface area contributed by atoms with E-state index < -0.39 is 0 Å². The van der Waals surface area contributed by atoms with Gasteiger partial charge >= 0.3 is 0 Å². The van der Waals surface area contributed by atoms with Crippen LogP contribution in [0.4, 0.5) is 0 Å². The molecule has 4 heteroatoms. The minimum atomic E-state index is -0.121. The molecule has 0 amide bonds. The van der Waals surface area contributed by atoms with Crippen LogP contribution < -0.4 is 9.47 Å². The Morgan fingerprint density at radius 2 is 0.929 bits per heavy atom. The van der Waals surface area contributed by atoms with Gasteiger partial charge in [0.05, 0.1) is 11.1 Å². The van der Waals surface area contributed by atoms with Crippen molar-refractivity contribution in [1.82, 2.24) is 0 Å². The van der Waals surface area contributed by atoms with E-state index in [4.69, 9.17) is 9.47 Å². The zero-order valence-corrected chi connectivity index (χ0v) is 14.7. The van der Waals surface area contributed by atoms with E-state index in [0.717, 1.165) is 11.1 Å². The number of hydrogen-bond donors (Lipinski definition) is 0. The van der Waals surface area contributed by atoms with Gasteiger partial charge in [0.2, 0.25) is 11.6 Å². The van der Waals surface area contributed by atoms with Gasteiger partial charge in [-0.05, 0) is 47.5 Å². The van der Waals surface area contributed by atoms with Crippen molar-refractivity contribution in [2.24, 2.45) is 0 Å². The van der Waals surface area contributed by atoms with E-state index in [1.807, 2.05) is 48.5 Å². The summed E-state index contributed by atoms with van der Waals surface area (Å²) in [4.78, 5) is 24.8. The van der Waals surface area contributed by atoms with E-state index in [9.17, 15) is 9.59 Å². The van der Waals surface area contributed by atoms with Gasteiger partial charge in [-0.3, -0.25) is 9.59 Å². The highest BCUT2D eigenvalue weighted by molar-refractivity contribution is 6.15. The van der Waals surface area contributed by atoms with E-state index in [1.54, 1.807) is 36.4 Å². The lowest BCUT2D eigenvalue weighted by atomic mass is 10.1. The number of para-hydroxylation sites is 2. The molecule has 0 unspecified atom stereocenters. The smallest absolute Gasteiger partial charge is 0.231 e. The second-order valence-electron chi connectivity index (χ2n) is 6.54. The summed E-state index contributed by atoms with van der Waals surface area (Å²) in [6.45, 7) is 0. The Labute approximate surface area is 161 Å². The van der Waals surface area contributed by atoms with Crippen LogP contribution >= 0.6 is 0 Å². The Morgan fingerprint density at radius 1 is 0.536 bits per heavy atom. The summed E-state index contributed by atoms with van der Waals surface area (Å²) >= 11 is 0. The van der Waals surface area contributed by atoms with Crippen molar-refractivity contribution in [2.75, 3.05) is 0 Å². The van der Waals surface area contributed by atoms with E-state index in [1.165, 1.54) is 0 Å². The number of Topliss-reactive ketones (excluding diaryl/α,β-unsaturated/α-hetero) is 2. The average Bonchev–Trinajstić information content (AvgIpc) is 3.21. The second kappa shape index (κ2) is 6.35. The van der Waals surface area contributed by atoms with Gasteiger partial charge in [-0.25, -0.2) is 0 Å². The zero-order chi connectivity index (χ0) is 19.1. The lowest BCUT2D eigenvalue weighted by molar-refractivity contribution is 0.101. The number of carbonyl (C=O) groups excluding carboxylic acids is 2. The molecule has 0 aliphatic carbocycles. The molecule has 0 N–H and O–H groups in total.